The molecule has 3 heteroatoms. The number of benzene rings is 1. The predicted molar refractivity (Wildman–Crippen MR) is 74.1 cm³/mol. The molecule has 1 N–H and O–H groups in total. The van der Waals surface area contributed by atoms with Crippen LogP contribution in [0.3, 0.4) is 0 Å². The second kappa shape index (κ2) is 6.53. The molecule has 1 aromatic carbocycles. The van der Waals surface area contributed by atoms with Crippen molar-refractivity contribution in [2.75, 3.05) is 19.8 Å². The highest BCUT2D eigenvalue weighted by Gasteiger charge is 2.15. The van der Waals surface area contributed by atoms with Crippen molar-refractivity contribution in [3.05, 3.63) is 34.3 Å². The van der Waals surface area contributed by atoms with Crippen molar-refractivity contribution < 1.29 is 4.74 Å². The third kappa shape index (κ3) is 4.09. The van der Waals surface area contributed by atoms with E-state index in [0.29, 0.717) is 6.04 Å². The Bertz CT molecular complexity index is 333. The summed E-state index contributed by atoms with van der Waals surface area (Å²) in [7, 11) is 0. The minimum atomic E-state index is 0.422. The first-order chi connectivity index (χ1) is 8.25. The summed E-state index contributed by atoms with van der Waals surface area (Å²) in [4.78, 5) is 0. The van der Waals surface area contributed by atoms with Crippen molar-refractivity contribution in [3.8, 4) is 0 Å². The molecule has 0 aromatic heterocycles. The smallest absolute Gasteiger partial charge is 0.0495 e. The number of ether oxygens (including phenoxy) is 1. The molecule has 17 heavy (non-hydrogen) atoms. The Morgan fingerprint density at radius 2 is 2.18 bits per heavy atom. The van der Waals surface area contributed by atoms with Gasteiger partial charge in [0.05, 0.1) is 0 Å². The van der Waals surface area contributed by atoms with E-state index in [1.807, 2.05) is 0 Å². The number of halogens is 1. The van der Waals surface area contributed by atoms with Crippen LogP contribution in [0.15, 0.2) is 28.7 Å². The summed E-state index contributed by atoms with van der Waals surface area (Å²) in [6, 6.07) is 8.95. The molecule has 1 aromatic rings. The molecule has 1 aliphatic rings. The first-order valence-corrected chi connectivity index (χ1v) is 7.11. The molecule has 0 amide bonds. The zero-order valence-electron chi connectivity index (χ0n) is 10.3. The summed E-state index contributed by atoms with van der Waals surface area (Å²) < 4.78 is 6.52. The van der Waals surface area contributed by atoms with Gasteiger partial charge in [-0.15, -0.1) is 0 Å². The molecule has 1 fully saturated rings. The van der Waals surface area contributed by atoms with Crippen molar-refractivity contribution in [2.24, 2.45) is 5.92 Å². The highest BCUT2D eigenvalue weighted by molar-refractivity contribution is 9.10. The summed E-state index contributed by atoms with van der Waals surface area (Å²) in [5.41, 5.74) is 1.34. The maximum atomic E-state index is 5.38. The lowest BCUT2D eigenvalue weighted by atomic mass is 10.0. The molecule has 1 aliphatic heterocycles. The minimum absolute atomic E-state index is 0.422. The molecule has 1 heterocycles. The Hall–Kier alpha value is -0.380. The van der Waals surface area contributed by atoms with Gasteiger partial charge in [0.1, 0.15) is 0 Å². The van der Waals surface area contributed by atoms with Gasteiger partial charge in [-0.25, -0.2) is 0 Å². The monoisotopic (exact) mass is 297 g/mol. The fourth-order valence-electron chi connectivity index (χ4n) is 2.18. The molecule has 2 atom stereocenters. The zero-order chi connectivity index (χ0) is 12.1. The van der Waals surface area contributed by atoms with Crippen molar-refractivity contribution in [1.82, 2.24) is 5.32 Å². The van der Waals surface area contributed by atoms with Crippen molar-refractivity contribution in [1.29, 1.82) is 0 Å². The topological polar surface area (TPSA) is 21.3 Å². The highest BCUT2D eigenvalue weighted by Crippen LogP contribution is 2.18. The van der Waals surface area contributed by atoms with Gasteiger partial charge in [0.15, 0.2) is 0 Å². The number of hydrogen-bond acceptors (Lipinski definition) is 2. The van der Waals surface area contributed by atoms with Crippen LogP contribution in [0.25, 0.3) is 0 Å². The van der Waals surface area contributed by atoms with E-state index >= 15 is 0 Å². The van der Waals surface area contributed by atoms with Crippen LogP contribution in [-0.4, -0.2) is 19.8 Å². The van der Waals surface area contributed by atoms with Crippen molar-refractivity contribution in [3.63, 3.8) is 0 Å². The second-order valence-electron chi connectivity index (χ2n) is 4.75. The highest BCUT2D eigenvalue weighted by atomic mass is 79.9. The van der Waals surface area contributed by atoms with Gasteiger partial charge in [0.2, 0.25) is 0 Å². The Labute approximate surface area is 112 Å². The average Bonchev–Trinajstić information content (AvgIpc) is 2.83. The molecule has 0 radical (unpaired) electrons. The Morgan fingerprint density at radius 1 is 1.41 bits per heavy atom. The first-order valence-electron chi connectivity index (χ1n) is 6.32. The third-order valence-electron chi connectivity index (χ3n) is 3.40. The number of hydrogen-bond donors (Lipinski definition) is 1. The zero-order valence-corrected chi connectivity index (χ0v) is 11.9. The predicted octanol–water partition coefficient (Wildman–Crippen LogP) is 3.53. The van der Waals surface area contributed by atoms with Crippen molar-refractivity contribution >= 4 is 15.9 Å². The van der Waals surface area contributed by atoms with Crippen molar-refractivity contribution in [2.45, 2.75) is 25.8 Å². The number of nitrogens with one attached hydrogen (secondary N) is 1. The first kappa shape index (κ1) is 13.1. The molecule has 2 nitrogen and oxygen atoms in total. The van der Waals surface area contributed by atoms with E-state index in [9.17, 15) is 0 Å². The SMILES string of the molecule is CC(NCCC1CCOC1)c1ccc(Br)cc1. The summed E-state index contributed by atoms with van der Waals surface area (Å²) >= 11 is 3.46. The molecule has 0 spiro atoms. The maximum absolute atomic E-state index is 5.38. The van der Waals surface area contributed by atoms with Gasteiger partial charge in [-0.3, -0.25) is 0 Å². The maximum Gasteiger partial charge on any atom is 0.0495 e. The van der Waals surface area contributed by atoms with Gasteiger partial charge >= 0.3 is 0 Å². The van der Waals surface area contributed by atoms with Crippen LogP contribution in [0, 0.1) is 5.92 Å². The lowest BCUT2D eigenvalue weighted by molar-refractivity contribution is 0.184. The minimum Gasteiger partial charge on any atom is -0.381 e. The molecule has 1 saturated heterocycles. The average molecular weight is 298 g/mol. The summed E-state index contributed by atoms with van der Waals surface area (Å²) in [5.74, 6) is 0.764. The lowest BCUT2D eigenvalue weighted by Crippen LogP contribution is -2.22. The van der Waals surface area contributed by atoms with Crippen LogP contribution in [0.1, 0.15) is 31.4 Å². The van der Waals surface area contributed by atoms with E-state index < -0.39 is 0 Å². The third-order valence-corrected chi connectivity index (χ3v) is 3.93. The van der Waals surface area contributed by atoms with Crippen LogP contribution in [0.4, 0.5) is 0 Å². The van der Waals surface area contributed by atoms with Crippen LogP contribution in [0.5, 0.6) is 0 Å². The Morgan fingerprint density at radius 3 is 2.82 bits per heavy atom. The van der Waals surface area contributed by atoms with Crippen LogP contribution in [-0.2, 0) is 4.74 Å². The molecule has 0 saturated carbocycles. The van der Waals surface area contributed by atoms with E-state index in [1.165, 1.54) is 18.4 Å². The van der Waals surface area contributed by atoms with Gasteiger partial charge in [0.25, 0.3) is 0 Å². The van der Waals surface area contributed by atoms with E-state index in [0.717, 1.165) is 30.1 Å². The van der Waals surface area contributed by atoms with Gasteiger partial charge in [-0.1, -0.05) is 28.1 Å². The lowest BCUT2D eigenvalue weighted by Gasteiger charge is -2.15. The molecular formula is C14H20BrNO. The van der Waals surface area contributed by atoms with Crippen LogP contribution in [0.2, 0.25) is 0 Å². The standard InChI is InChI=1S/C14H20BrNO/c1-11(13-2-4-14(15)5-3-13)16-8-6-12-7-9-17-10-12/h2-5,11-12,16H,6-10H2,1H3. The fraction of sp³-hybridized carbons (Fsp3) is 0.571. The summed E-state index contributed by atoms with van der Waals surface area (Å²) in [6.45, 7) is 5.20. The van der Waals surface area contributed by atoms with E-state index in [2.05, 4.69) is 52.4 Å². The normalized spacial score (nSPS) is 21.6. The summed E-state index contributed by atoms with van der Waals surface area (Å²) in [6.07, 6.45) is 2.45. The molecular weight excluding hydrogens is 278 g/mol. The molecule has 2 unspecified atom stereocenters. The van der Waals surface area contributed by atoms with Gasteiger partial charge in [-0.05, 0) is 49.9 Å². The van der Waals surface area contributed by atoms with Gasteiger partial charge < -0.3 is 10.1 Å². The van der Waals surface area contributed by atoms with Gasteiger partial charge in [0, 0.05) is 23.7 Å². The Kier molecular flexibility index (Phi) is 5.01. The van der Waals surface area contributed by atoms with Crippen LogP contribution >= 0.6 is 15.9 Å². The van der Waals surface area contributed by atoms with E-state index in [1.54, 1.807) is 0 Å². The number of rotatable bonds is 5. The molecule has 0 bridgehead atoms. The quantitative estimate of drug-likeness (QED) is 0.898. The molecule has 0 aliphatic carbocycles. The van der Waals surface area contributed by atoms with Gasteiger partial charge in [-0.2, -0.15) is 0 Å². The van der Waals surface area contributed by atoms with E-state index in [-0.39, 0.29) is 0 Å². The van der Waals surface area contributed by atoms with Crippen LogP contribution < -0.4 is 5.32 Å². The molecule has 2 rings (SSSR count). The van der Waals surface area contributed by atoms with E-state index in [4.69, 9.17) is 4.74 Å². The fourth-order valence-corrected chi connectivity index (χ4v) is 2.45. The summed E-state index contributed by atoms with van der Waals surface area (Å²) in [5, 5.41) is 3.57. The second-order valence-corrected chi connectivity index (χ2v) is 5.66. The largest absolute Gasteiger partial charge is 0.381 e. The Balaban J connectivity index is 1.72. The molecule has 94 valence electrons.